The molecule has 0 aliphatic rings. The normalized spacial score (nSPS) is 10.2. The van der Waals surface area contributed by atoms with Gasteiger partial charge in [0.25, 0.3) is 5.91 Å². The molecule has 0 spiro atoms. The fourth-order valence-corrected chi connectivity index (χ4v) is 2.26. The highest BCUT2D eigenvalue weighted by atomic mass is 79.9. The van der Waals surface area contributed by atoms with Crippen LogP contribution in [0.1, 0.15) is 11.1 Å². The van der Waals surface area contributed by atoms with E-state index in [2.05, 4.69) is 21.2 Å². The van der Waals surface area contributed by atoms with Crippen LogP contribution in [0.3, 0.4) is 0 Å². The molecular formula is C17H15BrClNO3. The Hall–Kier alpha value is -1.85. The Morgan fingerprint density at radius 1 is 1.17 bits per heavy atom. The minimum Gasteiger partial charge on any atom is -0.455 e. The summed E-state index contributed by atoms with van der Waals surface area (Å²) < 4.78 is 5.93. The molecule has 0 atom stereocenters. The number of amides is 1. The summed E-state index contributed by atoms with van der Waals surface area (Å²) in [5, 5.41) is 3.29. The van der Waals surface area contributed by atoms with Crippen LogP contribution in [0.25, 0.3) is 0 Å². The third-order valence-electron chi connectivity index (χ3n) is 3.07. The molecule has 1 N–H and O–H groups in total. The van der Waals surface area contributed by atoms with E-state index in [1.807, 2.05) is 19.1 Å². The summed E-state index contributed by atoms with van der Waals surface area (Å²) in [6, 6.07) is 12.3. The van der Waals surface area contributed by atoms with Gasteiger partial charge in [-0.05, 0) is 48.4 Å². The lowest BCUT2D eigenvalue weighted by atomic mass is 10.1. The van der Waals surface area contributed by atoms with Gasteiger partial charge in [-0.3, -0.25) is 9.59 Å². The van der Waals surface area contributed by atoms with Gasteiger partial charge in [0.05, 0.1) is 6.42 Å². The standard InChI is InChI=1S/C17H15BrClNO3/c1-11-8-14(6-7-15(11)18)20-16(21)10-23-17(22)9-12-2-4-13(19)5-3-12/h2-8H,9-10H2,1H3,(H,20,21). The van der Waals surface area contributed by atoms with Crippen LogP contribution >= 0.6 is 27.5 Å². The molecule has 1 amide bonds. The van der Waals surface area contributed by atoms with Crippen LogP contribution in [-0.4, -0.2) is 18.5 Å². The van der Waals surface area contributed by atoms with Crippen molar-refractivity contribution >= 4 is 45.1 Å². The number of carbonyl (C=O) groups is 2. The van der Waals surface area contributed by atoms with Crippen molar-refractivity contribution in [2.24, 2.45) is 0 Å². The van der Waals surface area contributed by atoms with Crippen molar-refractivity contribution < 1.29 is 14.3 Å². The lowest BCUT2D eigenvalue weighted by Crippen LogP contribution is -2.21. The first-order valence-corrected chi connectivity index (χ1v) is 8.07. The van der Waals surface area contributed by atoms with Crippen LogP contribution in [0.2, 0.25) is 5.02 Å². The average molecular weight is 397 g/mol. The Labute approximate surface area is 147 Å². The quantitative estimate of drug-likeness (QED) is 0.773. The van der Waals surface area contributed by atoms with E-state index in [-0.39, 0.29) is 18.9 Å². The second-order valence-corrected chi connectivity index (χ2v) is 6.27. The number of ether oxygens (including phenoxy) is 1. The van der Waals surface area contributed by atoms with E-state index >= 15 is 0 Å². The van der Waals surface area contributed by atoms with Crippen LogP contribution < -0.4 is 5.32 Å². The number of carbonyl (C=O) groups excluding carboxylic acids is 2. The van der Waals surface area contributed by atoms with Gasteiger partial charge in [0, 0.05) is 15.2 Å². The topological polar surface area (TPSA) is 55.4 Å². The summed E-state index contributed by atoms with van der Waals surface area (Å²) in [5.74, 6) is -0.842. The highest BCUT2D eigenvalue weighted by Gasteiger charge is 2.09. The first-order valence-electron chi connectivity index (χ1n) is 6.90. The van der Waals surface area contributed by atoms with Gasteiger partial charge in [0.1, 0.15) is 0 Å². The molecular weight excluding hydrogens is 382 g/mol. The van der Waals surface area contributed by atoms with Gasteiger partial charge in [-0.2, -0.15) is 0 Å². The molecule has 4 nitrogen and oxygen atoms in total. The number of aryl methyl sites for hydroxylation is 1. The Morgan fingerprint density at radius 3 is 2.52 bits per heavy atom. The summed E-state index contributed by atoms with van der Waals surface area (Å²) in [6.07, 6.45) is 0.0990. The van der Waals surface area contributed by atoms with E-state index < -0.39 is 5.97 Å². The summed E-state index contributed by atoms with van der Waals surface area (Å²) in [5.41, 5.74) is 2.44. The van der Waals surface area contributed by atoms with E-state index in [1.54, 1.807) is 30.3 Å². The molecule has 2 aromatic rings. The zero-order valence-electron chi connectivity index (χ0n) is 12.4. The molecule has 120 valence electrons. The molecule has 23 heavy (non-hydrogen) atoms. The molecule has 0 saturated carbocycles. The lowest BCUT2D eigenvalue weighted by Gasteiger charge is -2.08. The lowest BCUT2D eigenvalue weighted by molar-refractivity contribution is -0.146. The van der Waals surface area contributed by atoms with Gasteiger partial charge < -0.3 is 10.1 Å². The number of hydrogen-bond acceptors (Lipinski definition) is 3. The van der Waals surface area contributed by atoms with E-state index in [1.165, 1.54) is 0 Å². The zero-order valence-corrected chi connectivity index (χ0v) is 14.8. The summed E-state index contributed by atoms with van der Waals surface area (Å²) in [6.45, 7) is 1.60. The fourth-order valence-electron chi connectivity index (χ4n) is 1.89. The second-order valence-electron chi connectivity index (χ2n) is 4.98. The SMILES string of the molecule is Cc1cc(NC(=O)COC(=O)Cc2ccc(Cl)cc2)ccc1Br. The maximum atomic E-state index is 11.8. The Bertz CT molecular complexity index is 716. The molecule has 0 unspecified atom stereocenters. The van der Waals surface area contributed by atoms with Crippen LogP contribution in [0.15, 0.2) is 46.9 Å². The molecule has 2 aromatic carbocycles. The summed E-state index contributed by atoms with van der Waals surface area (Å²) >= 11 is 9.17. The minimum atomic E-state index is -0.463. The van der Waals surface area contributed by atoms with Gasteiger partial charge in [-0.1, -0.05) is 39.7 Å². The number of benzene rings is 2. The third-order valence-corrected chi connectivity index (χ3v) is 4.21. The van der Waals surface area contributed by atoms with Crippen molar-refractivity contribution in [1.82, 2.24) is 0 Å². The fraction of sp³-hybridized carbons (Fsp3) is 0.176. The highest BCUT2D eigenvalue weighted by molar-refractivity contribution is 9.10. The average Bonchev–Trinajstić information content (AvgIpc) is 2.51. The van der Waals surface area contributed by atoms with Crippen LogP contribution in [-0.2, 0) is 20.7 Å². The third kappa shape index (κ3) is 5.69. The largest absolute Gasteiger partial charge is 0.455 e. The van der Waals surface area contributed by atoms with Gasteiger partial charge in [0.15, 0.2) is 6.61 Å². The van der Waals surface area contributed by atoms with Crippen molar-refractivity contribution in [1.29, 1.82) is 0 Å². The Kier molecular flexibility index (Phi) is 6.19. The highest BCUT2D eigenvalue weighted by Crippen LogP contribution is 2.19. The van der Waals surface area contributed by atoms with Crippen molar-refractivity contribution in [3.05, 3.63) is 63.1 Å². The van der Waals surface area contributed by atoms with E-state index in [0.717, 1.165) is 15.6 Å². The number of rotatable bonds is 5. The molecule has 0 radical (unpaired) electrons. The van der Waals surface area contributed by atoms with Crippen molar-refractivity contribution in [3.63, 3.8) is 0 Å². The second kappa shape index (κ2) is 8.13. The van der Waals surface area contributed by atoms with Gasteiger partial charge in [0.2, 0.25) is 0 Å². The molecule has 0 heterocycles. The molecule has 0 aliphatic carbocycles. The number of hydrogen-bond donors (Lipinski definition) is 1. The summed E-state index contributed by atoms with van der Waals surface area (Å²) in [4.78, 5) is 23.5. The molecule has 2 rings (SSSR count). The minimum absolute atomic E-state index is 0.0990. The Morgan fingerprint density at radius 2 is 1.87 bits per heavy atom. The first kappa shape index (κ1) is 17.5. The Balaban J connectivity index is 1.80. The molecule has 0 aromatic heterocycles. The predicted octanol–water partition coefficient (Wildman–Crippen LogP) is 4.14. The van der Waals surface area contributed by atoms with E-state index in [4.69, 9.17) is 16.3 Å². The van der Waals surface area contributed by atoms with Crippen LogP contribution in [0.4, 0.5) is 5.69 Å². The number of nitrogens with one attached hydrogen (secondary N) is 1. The zero-order chi connectivity index (χ0) is 16.8. The summed E-state index contributed by atoms with van der Waals surface area (Å²) in [7, 11) is 0. The van der Waals surface area contributed by atoms with Crippen molar-refractivity contribution in [2.75, 3.05) is 11.9 Å². The molecule has 0 fully saturated rings. The molecule has 6 heteroatoms. The number of anilines is 1. The molecule has 0 bridgehead atoms. The number of halogens is 2. The number of esters is 1. The smallest absolute Gasteiger partial charge is 0.310 e. The van der Waals surface area contributed by atoms with E-state index in [9.17, 15) is 9.59 Å². The first-order chi connectivity index (χ1) is 10.9. The van der Waals surface area contributed by atoms with Crippen LogP contribution in [0, 0.1) is 6.92 Å². The van der Waals surface area contributed by atoms with Crippen molar-refractivity contribution in [3.8, 4) is 0 Å². The van der Waals surface area contributed by atoms with E-state index in [0.29, 0.717) is 10.7 Å². The predicted molar refractivity (Wildman–Crippen MR) is 93.6 cm³/mol. The maximum Gasteiger partial charge on any atom is 0.310 e. The van der Waals surface area contributed by atoms with Gasteiger partial charge in [-0.15, -0.1) is 0 Å². The van der Waals surface area contributed by atoms with Crippen LogP contribution in [0.5, 0.6) is 0 Å². The monoisotopic (exact) mass is 395 g/mol. The van der Waals surface area contributed by atoms with Gasteiger partial charge in [-0.25, -0.2) is 0 Å². The van der Waals surface area contributed by atoms with Crippen molar-refractivity contribution in [2.45, 2.75) is 13.3 Å². The molecule has 0 saturated heterocycles. The molecule has 0 aliphatic heterocycles. The van der Waals surface area contributed by atoms with Gasteiger partial charge >= 0.3 is 5.97 Å². The maximum absolute atomic E-state index is 11.8.